The monoisotopic (exact) mass is 450 g/mol. The molecule has 1 aliphatic rings. The van der Waals surface area contributed by atoms with Crippen molar-refractivity contribution in [1.29, 1.82) is 0 Å². The van der Waals surface area contributed by atoms with Crippen molar-refractivity contribution in [1.82, 2.24) is 9.62 Å². The van der Waals surface area contributed by atoms with E-state index in [1.165, 1.54) is 9.87 Å². The first kappa shape index (κ1) is 20.0. The van der Waals surface area contributed by atoms with Crippen molar-refractivity contribution in [3.63, 3.8) is 0 Å². The molecule has 0 unspecified atom stereocenters. The molecule has 5 nitrogen and oxygen atoms in total. The molecule has 0 saturated carbocycles. The van der Waals surface area contributed by atoms with Gasteiger partial charge in [-0.2, -0.15) is 4.31 Å². The van der Waals surface area contributed by atoms with E-state index in [0.717, 1.165) is 10.9 Å². The van der Waals surface area contributed by atoms with Crippen LogP contribution in [0.1, 0.15) is 18.4 Å². The molecule has 3 rings (SSSR count). The fourth-order valence-corrected chi connectivity index (χ4v) is 5.04. The van der Waals surface area contributed by atoms with E-state index in [4.69, 9.17) is 0 Å². The van der Waals surface area contributed by atoms with Crippen molar-refractivity contribution < 1.29 is 13.2 Å². The minimum atomic E-state index is -3.58. The van der Waals surface area contributed by atoms with Crippen LogP contribution in [-0.2, 0) is 21.2 Å². The van der Waals surface area contributed by atoms with E-state index in [0.29, 0.717) is 25.9 Å². The van der Waals surface area contributed by atoms with Crippen LogP contribution in [0.2, 0.25) is 0 Å². The second-order valence-electron chi connectivity index (χ2n) is 6.68. The number of piperidine rings is 1. The van der Waals surface area contributed by atoms with E-state index in [2.05, 4.69) is 21.2 Å². The fraction of sp³-hybridized carbons (Fsp3) is 0.350. The van der Waals surface area contributed by atoms with Crippen LogP contribution in [0.25, 0.3) is 0 Å². The number of hydrogen-bond donors (Lipinski definition) is 1. The predicted molar refractivity (Wildman–Crippen MR) is 109 cm³/mol. The van der Waals surface area contributed by atoms with E-state index in [1.807, 2.05) is 30.3 Å². The van der Waals surface area contributed by atoms with E-state index in [1.54, 1.807) is 24.3 Å². The number of hydrogen-bond acceptors (Lipinski definition) is 3. The smallest absolute Gasteiger partial charge is 0.243 e. The van der Waals surface area contributed by atoms with Gasteiger partial charge in [-0.15, -0.1) is 0 Å². The molecule has 144 valence electrons. The Morgan fingerprint density at radius 1 is 1.11 bits per heavy atom. The molecule has 1 fully saturated rings. The molecule has 0 aliphatic carbocycles. The number of amides is 1. The average Bonchev–Trinajstić information content (AvgIpc) is 2.69. The highest BCUT2D eigenvalue weighted by molar-refractivity contribution is 9.10. The van der Waals surface area contributed by atoms with Crippen LogP contribution < -0.4 is 5.32 Å². The second kappa shape index (κ2) is 8.99. The summed E-state index contributed by atoms with van der Waals surface area (Å²) in [7, 11) is -3.58. The third-order valence-corrected chi connectivity index (χ3v) is 7.17. The fourth-order valence-electron chi connectivity index (χ4n) is 3.25. The number of benzene rings is 2. The quantitative estimate of drug-likeness (QED) is 0.734. The highest BCUT2D eigenvalue weighted by Gasteiger charge is 2.33. The van der Waals surface area contributed by atoms with Crippen molar-refractivity contribution in [2.75, 3.05) is 19.6 Å². The summed E-state index contributed by atoms with van der Waals surface area (Å²) in [6, 6.07) is 16.6. The van der Waals surface area contributed by atoms with Crippen molar-refractivity contribution in [2.45, 2.75) is 24.2 Å². The van der Waals surface area contributed by atoms with Crippen LogP contribution in [0.4, 0.5) is 0 Å². The van der Waals surface area contributed by atoms with Crippen LogP contribution in [-0.4, -0.2) is 38.3 Å². The Hall–Kier alpha value is -1.70. The van der Waals surface area contributed by atoms with Crippen molar-refractivity contribution in [2.24, 2.45) is 5.92 Å². The van der Waals surface area contributed by atoms with Gasteiger partial charge in [-0.3, -0.25) is 4.79 Å². The van der Waals surface area contributed by atoms with Crippen LogP contribution in [0.3, 0.4) is 0 Å². The number of nitrogens with one attached hydrogen (secondary N) is 1. The Labute approximate surface area is 169 Å². The Morgan fingerprint density at radius 3 is 2.52 bits per heavy atom. The molecule has 1 aliphatic heterocycles. The van der Waals surface area contributed by atoms with Gasteiger partial charge in [-0.1, -0.05) is 46.3 Å². The van der Waals surface area contributed by atoms with E-state index >= 15 is 0 Å². The molecule has 0 bridgehead atoms. The van der Waals surface area contributed by atoms with Gasteiger partial charge in [-0.25, -0.2) is 8.42 Å². The maximum atomic E-state index is 12.8. The van der Waals surface area contributed by atoms with Crippen LogP contribution >= 0.6 is 15.9 Å². The number of sulfonamides is 1. The summed E-state index contributed by atoms with van der Waals surface area (Å²) in [5, 5.41) is 2.95. The van der Waals surface area contributed by atoms with Crippen molar-refractivity contribution in [3.05, 3.63) is 64.6 Å². The summed E-state index contributed by atoms with van der Waals surface area (Å²) in [6.07, 6.45) is 2.16. The van der Waals surface area contributed by atoms with Gasteiger partial charge < -0.3 is 5.32 Å². The topological polar surface area (TPSA) is 66.5 Å². The Balaban J connectivity index is 1.58. The van der Waals surface area contributed by atoms with Crippen LogP contribution in [0.5, 0.6) is 0 Å². The van der Waals surface area contributed by atoms with Crippen molar-refractivity contribution in [3.8, 4) is 0 Å². The van der Waals surface area contributed by atoms with Gasteiger partial charge in [0.2, 0.25) is 15.9 Å². The van der Waals surface area contributed by atoms with Crippen molar-refractivity contribution >= 4 is 31.9 Å². The molecule has 1 saturated heterocycles. The zero-order valence-corrected chi connectivity index (χ0v) is 17.4. The van der Waals surface area contributed by atoms with Gasteiger partial charge >= 0.3 is 0 Å². The standard InChI is InChI=1S/C20H23BrN2O3S/c21-18-8-10-19(11-9-18)27(25,26)23-14-4-7-17(15-23)20(24)22-13-12-16-5-2-1-3-6-16/h1-3,5-6,8-11,17H,4,7,12-15H2,(H,22,24)/t17-/m1/s1. The third-order valence-electron chi connectivity index (χ3n) is 4.76. The number of nitrogens with zero attached hydrogens (tertiary/aromatic N) is 1. The first-order valence-electron chi connectivity index (χ1n) is 9.04. The first-order valence-corrected chi connectivity index (χ1v) is 11.3. The van der Waals surface area contributed by atoms with Crippen LogP contribution in [0.15, 0.2) is 64.0 Å². The molecular weight excluding hydrogens is 428 g/mol. The molecule has 2 aromatic carbocycles. The molecule has 2 aromatic rings. The first-order chi connectivity index (χ1) is 13.0. The van der Waals surface area contributed by atoms with E-state index in [-0.39, 0.29) is 23.3 Å². The Bertz CT molecular complexity index is 870. The summed E-state index contributed by atoms with van der Waals surface area (Å²) in [5.74, 6) is -0.374. The minimum Gasteiger partial charge on any atom is -0.355 e. The summed E-state index contributed by atoms with van der Waals surface area (Å²) >= 11 is 3.32. The molecule has 1 N–H and O–H groups in total. The number of rotatable bonds is 6. The van der Waals surface area contributed by atoms with Gasteiger partial charge in [0.1, 0.15) is 0 Å². The molecule has 1 heterocycles. The van der Waals surface area contributed by atoms with Gasteiger partial charge in [-0.05, 0) is 49.1 Å². The summed E-state index contributed by atoms with van der Waals surface area (Å²) in [6.45, 7) is 1.24. The third kappa shape index (κ3) is 5.18. The summed E-state index contributed by atoms with van der Waals surface area (Å²) in [4.78, 5) is 12.8. The Morgan fingerprint density at radius 2 is 1.81 bits per heavy atom. The molecule has 0 radical (unpaired) electrons. The Kier molecular flexibility index (Phi) is 6.68. The second-order valence-corrected chi connectivity index (χ2v) is 9.54. The normalized spacial score (nSPS) is 18.2. The zero-order valence-electron chi connectivity index (χ0n) is 15.0. The highest BCUT2D eigenvalue weighted by Crippen LogP contribution is 2.25. The predicted octanol–water partition coefficient (Wildman–Crippen LogP) is 3.21. The molecule has 7 heteroatoms. The van der Waals surface area contributed by atoms with Gasteiger partial charge in [0.15, 0.2) is 0 Å². The number of carbonyl (C=O) groups excluding carboxylic acids is 1. The lowest BCUT2D eigenvalue weighted by atomic mass is 9.99. The molecule has 1 atom stereocenters. The summed E-state index contributed by atoms with van der Waals surface area (Å²) in [5.41, 5.74) is 1.17. The molecular formula is C20H23BrN2O3S. The minimum absolute atomic E-state index is 0.0679. The van der Waals surface area contributed by atoms with E-state index in [9.17, 15) is 13.2 Å². The maximum Gasteiger partial charge on any atom is 0.243 e. The molecule has 1 amide bonds. The molecule has 0 aromatic heterocycles. The maximum absolute atomic E-state index is 12.8. The van der Waals surface area contributed by atoms with Gasteiger partial charge in [0.25, 0.3) is 0 Å². The average molecular weight is 451 g/mol. The van der Waals surface area contributed by atoms with Gasteiger partial charge in [0, 0.05) is 24.1 Å². The molecule has 0 spiro atoms. The van der Waals surface area contributed by atoms with Gasteiger partial charge in [0.05, 0.1) is 10.8 Å². The van der Waals surface area contributed by atoms with Crippen LogP contribution in [0, 0.1) is 5.92 Å². The van der Waals surface area contributed by atoms with E-state index < -0.39 is 10.0 Å². The lowest BCUT2D eigenvalue weighted by molar-refractivity contribution is -0.126. The number of halogens is 1. The zero-order chi connectivity index (χ0) is 19.3. The lowest BCUT2D eigenvalue weighted by Gasteiger charge is -2.31. The SMILES string of the molecule is O=C(NCCc1ccccc1)[C@@H]1CCCN(S(=O)(=O)c2ccc(Br)cc2)C1. The molecule has 27 heavy (non-hydrogen) atoms. The summed E-state index contributed by atoms with van der Waals surface area (Å²) < 4.78 is 28.0. The largest absolute Gasteiger partial charge is 0.355 e. The highest BCUT2D eigenvalue weighted by atomic mass is 79.9. The number of carbonyl (C=O) groups is 1. The lowest BCUT2D eigenvalue weighted by Crippen LogP contribution is -2.45.